The van der Waals surface area contributed by atoms with Crippen LogP contribution in [-0.2, 0) is 16.0 Å². The van der Waals surface area contributed by atoms with Gasteiger partial charge in [0.05, 0.1) is 7.11 Å². The third-order valence-corrected chi connectivity index (χ3v) is 2.53. The summed E-state index contributed by atoms with van der Waals surface area (Å²) in [6.07, 6.45) is 0.852. The van der Waals surface area contributed by atoms with E-state index in [0.717, 1.165) is 0 Å². The van der Waals surface area contributed by atoms with Crippen molar-refractivity contribution in [3.8, 4) is 0 Å². The van der Waals surface area contributed by atoms with E-state index in [1.807, 2.05) is 0 Å². The van der Waals surface area contributed by atoms with Crippen LogP contribution in [-0.4, -0.2) is 35.4 Å². The highest BCUT2D eigenvalue weighted by molar-refractivity contribution is 5.89. The zero-order valence-electron chi connectivity index (χ0n) is 12.9. The molecule has 0 saturated heterocycles. The summed E-state index contributed by atoms with van der Waals surface area (Å²) in [4.78, 5) is 22.9. The molecule has 0 fully saturated rings. The van der Waals surface area contributed by atoms with E-state index in [1.165, 1.54) is 23.9 Å². The molecule has 1 aromatic rings. The zero-order chi connectivity index (χ0) is 16.2. The topological polar surface area (TPSA) is 69.6 Å². The van der Waals surface area contributed by atoms with E-state index in [0.29, 0.717) is 0 Å². The standard InChI is InChI=1S/C14H21FN2O4/c1-9(16-13(19)21-14(2,3)4)8-17-7-6-10(11(17)15)12(18)20-5/h6-7,9H,8H2,1-5H3,(H,16,19). The normalized spacial score (nSPS) is 12.7. The summed E-state index contributed by atoms with van der Waals surface area (Å²) in [7, 11) is 1.19. The average Bonchev–Trinajstić information content (AvgIpc) is 2.67. The predicted octanol–water partition coefficient (Wildman–Crippen LogP) is 2.33. The maximum Gasteiger partial charge on any atom is 0.407 e. The minimum Gasteiger partial charge on any atom is -0.465 e. The first-order valence-electron chi connectivity index (χ1n) is 6.56. The molecular weight excluding hydrogens is 279 g/mol. The summed E-state index contributed by atoms with van der Waals surface area (Å²) >= 11 is 0. The van der Waals surface area contributed by atoms with Crippen LogP contribution in [0, 0.1) is 5.95 Å². The fourth-order valence-electron chi connectivity index (χ4n) is 1.71. The van der Waals surface area contributed by atoms with Gasteiger partial charge in [-0.2, -0.15) is 4.39 Å². The zero-order valence-corrected chi connectivity index (χ0v) is 12.9. The lowest BCUT2D eigenvalue weighted by Gasteiger charge is -2.22. The number of ether oxygens (including phenoxy) is 2. The summed E-state index contributed by atoms with van der Waals surface area (Å²) in [6, 6.07) is 0.966. The van der Waals surface area contributed by atoms with Crippen molar-refractivity contribution in [1.29, 1.82) is 0 Å². The number of methoxy groups -OCH3 is 1. The lowest BCUT2D eigenvalue weighted by molar-refractivity contribution is 0.0501. The summed E-state index contributed by atoms with van der Waals surface area (Å²) in [6.45, 7) is 7.14. The van der Waals surface area contributed by atoms with Gasteiger partial charge in [0.25, 0.3) is 0 Å². The molecule has 118 valence electrons. The molecule has 1 atom stereocenters. The average molecular weight is 300 g/mol. The Morgan fingerprint density at radius 3 is 2.57 bits per heavy atom. The Hall–Kier alpha value is -2.05. The van der Waals surface area contributed by atoms with Crippen molar-refractivity contribution < 1.29 is 23.5 Å². The highest BCUT2D eigenvalue weighted by atomic mass is 19.1. The Labute approximate surface area is 123 Å². The Kier molecular flexibility index (Phi) is 5.34. The van der Waals surface area contributed by atoms with E-state index in [4.69, 9.17) is 4.74 Å². The molecular formula is C14H21FN2O4. The van der Waals surface area contributed by atoms with Gasteiger partial charge in [-0.25, -0.2) is 9.59 Å². The number of aromatic nitrogens is 1. The van der Waals surface area contributed by atoms with Crippen LogP contribution in [0.15, 0.2) is 12.3 Å². The van der Waals surface area contributed by atoms with Crippen LogP contribution < -0.4 is 5.32 Å². The van der Waals surface area contributed by atoms with Gasteiger partial charge < -0.3 is 19.4 Å². The van der Waals surface area contributed by atoms with E-state index in [1.54, 1.807) is 27.7 Å². The van der Waals surface area contributed by atoms with Gasteiger partial charge in [0.15, 0.2) is 0 Å². The molecule has 0 aliphatic rings. The van der Waals surface area contributed by atoms with Gasteiger partial charge in [-0.15, -0.1) is 0 Å². The Bertz CT molecular complexity index is 520. The fraction of sp³-hybridized carbons (Fsp3) is 0.571. The molecule has 1 rings (SSSR count). The van der Waals surface area contributed by atoms with Crippen LogP contribution in [0.4, 0.5) is 9.18 Å². The quantitative estimate of drug-likeness (QED) is 0.866. The number of esters is 1. The molecule has 7 heteroatoms. The van der Waals surface area contributed by atoms with E-state index in [-0.39, 0.29) is 18.2 Å². The van der Waals surface area contributed by atoms with Gasteiger partial charge in [0.2, 0.25) is 5.95 Å². The highest BCUT2D eigenvalue weighted by Gasteiger charge is 2.20. The lowest BCUT2D eigenvalue weighted by Crippen LogP contribution is -2.39. The van der Waals surface area contributed by atoms with E-state index < -0.39 is 23.6 Å². The van der Waals surface area contributed by atoms with E-state index >= 15 is 0 Å². The van der Waals surface area contributed by atoms with Gasteiger partial charge in [-0.05, 0) is 33.8 Å². The Morgan fingerprint density at radius 2 is 2.05 bits per heavy atom. The van der Waals surface area contributed by atoms with Crippen molar-refractivity contribution in [3.05, 3.63) is 23.8 Å². The monoisotopic (exact) mass is 300 g/mol. The van der Waals surface area contributed by atoms with Crippen molar-refractivity contribution in [2.75, 3.05) is 7.11 Å². The van der Waals surface area contributed by atoms with Gasteiger partial charge in [-0.1, -0.05) is 0 Å². The smallest absolute Gasteiger partial charge is 0.407 e. The number of hydrogen-bond donors (Lipinski definition) is 1. The summed E-state index contributed by atoms with van der Waals surface area (Å²) < 4.78 is 24.8. The van der Waals surface area contributed by atoms with Gasteiger partial charge in [-0.3, -0.25) is 0 Å². The molecule has 0 aliphatic heterocycles. The molecule has 1 aromatic heterocycles. The second-order valence-electron chi connectivity index (χ2n) is 5.71. The molecule has 0 aromatic carbocycles. The largest absolute Gasteiger partial charge is 0.465 e. The fourth-order valence-corrected chi connectivity index (χ4v) is 1.71. The second-order valence-corrected chi connectivity index (χ2v) is 5.71. The summed E-state index contributed by atoms with van der Waals surface area (Å²) in [5, 5.41) is 2.60. The van der Waals surface area contributed by atoms with Crippen LogP contribution in [0.5, 0.6) is 0 Å². The van der Waals surface area contributed by atoms with Crippen molar-refractivity contribution in [2.24, 2.45) is 0 Å². The van der Waals surface area contributed by atoms with E-state index in [9.17, 15) is 14.0 Å². The minimum absolute atomic E-state index is 0.137. The van der Waals surface area contributed by atoms with Crippen molar-refractivity contribution >= 4 is 12.1 Å². The maximum atomic E-state index is 14.0. The number of nitrogens with zero attached hydrogens (tertiary/aromatic N) is 1. The first-order valence-corrected chi connectivity index (χ1v) is 6.56. The number of carbonyl (C=O) groups excluding carboxylic acids is 2. The minimum atomic E-state index is -0.737. The Balaban J connectivity index is 2.63. The van der Waals surface area contributed by atoms with Crippen LogP contribution in [0.2, 0.25) is 0 Å². The number of halogens is 1. The van der Waals surface area contributed by atoms with Gasteiger partial charge >= 0.3 is 12.1 Å². The van der Waals surface area contributed by atoms with Gasteiger partial charge in [0, 0.05) is 18.8 Å². The van der Waals surface area contributed by atoms with E-state index in [2.05, 4.69) is 10.1 Å². The number of alkyl carbamates (subject to hydrolysis) is 1. The van der Waals surface area contributed by atoms with Crippen molar-refractivity contribution in [2.45, 2.75) is 45.9 Å². The van der Waals surface area contributed by atoms with Crippen LogP contribution in [0.25, 0.3) is 0 Å². The van der Waals surface area contributed by atoms with Gasteiger partial charge in [0.1, 0.15) is 11.2 Å². The molecule has 0 saturated carbocycles. The van der Waals surface area contributed by atoms with Crippen LogP contribution >= 0.6 is 0 Å². The molecule has 1 N–H and O–H groups in total. The summed E-state index contributed by atoms with van der Waals surface area (Å²) in [5.41, 5.74) is -0.734. The first-order chi connectivity index (χ1) is 9.64. The molecule has 0 spiro atoms. The van der Waals surface area contributed by atoms with Crippen LogP contribution in [0.1, 0.15) is 38.1 Å². The second kappa shape index (κ2) is 6.60. The molecule has 21 heavy (non-hydrogen) atoms. The number of carbonyl (C=O) groups is 2. The molecule has 1 unspecified atom stereocenters. The predicted molar refractivity (Wildman–Crippen MR) is 74.6 cm³/mol. The van der Waals surface area contributed by atoms with Crippen LogP contribution in [0.3, 0.4) is 0 Å². The molecule has 6 nitrogen and oxygen atoms in total. The maximum absolute atomic E-state index is 14.0. The lowest BCUT2D eigenvalue weighted by atomic mass is 10.2. The number of amides is 1. The number of rotatable bonds is 4. The first kappa shape index (κ1) is 17.0. The van der Waals surface area contributed by atoms with Crippen molar-refractivity contribution in [1.82, 2.24) is 9.88 Å². The molecule has 0 radical (unpaired) electrons. The highest BCUT2D eigenvalue weighted by Crippen LogP contribution is 2.12. The summed E-state index contributed by atoms with van der Waals surface area (Å²) in [5.74, 6) is -1.43. The number of nitrogens with one attached hydrogen (secondary N) is 1. The number of hydrogen-bond acceptors (Lipinski definition) is 4. The molecule has 1 heterocycles. The molecule has 0 bridgehead atoms. The Morgan fingerprint density at radius 1 is 1.43 bits per heavy atom. The van der Waals surface area contributed by atoms with Crippen molar-refractivity contribution in [3.63, 3.8) is 0 Å². The molecule has 1 amide bonds. The molecule has 0 aliphatic carbocycles. The third kappa shape index (κ3) is 5.09. The SMILES string of the molecule is COC(=O)c1ccn(CC(C)NC(=O)OC(C)(C)C)c1F. The third-order valence-electron chi connectivity index (χ3n) is 2.53.